The van der Waals surface area contributed by atoms with Gasteiger partial charge in [-0.2, -0.15) is 4.98 Å². The lowest BCUT2D eigenvalue weighted by Crippen LogP contribution is -2.07. The van der Waals surface area contributed by atoms with Gasteiger partial charge < -0.3 is 14.0 Å². The van der Waals surface area contributed by atoms with E-state index in [2.05, 4.69) is 10.1 Å². The predicted octanol–water partition coefficient (Wildman–Crippen LogP) is 4.32. The van der Waals surface area contributed by atoms with Crippen LogP contribution in [0.1, 0.15) is 16.2 Å². The van der Waals surface area contributed by atoms with Crippen LogP contribution < -0.4 is 4.74 Å². The minimum absolute atomic E-state index is 0.104. The zero-order chi connectivity index (χ0) is 17.9. The molecule has 0 aliphatic rings. The highest BCUT2D eigenvalue weighted by atomic mass is 32.1. The Labute approximate surface area is 153 Å². The number of methoxy groups -OCH3 is 1. The highest BCUT2D eigenvalue weighted by Crippen LogP contribution is 2.27. The summed E-state index contributed by atoms with van der Waals surface area (Å²) < 4.78 is 15.8. The third kappa shape index (κ3) is 3.16. The van der Waals surface area contributed by atoms with Crippen LogP contribution >= 0.6 is 11.3 Å². The molecule has 4 aromatic rings. The second kappa shape index (κ2) is 6.97. The van der Waals surface area contributed by atoms with E-state index in [0.717, 1.165) is 15.6 Å². The van der Waals surface area contributed by atoms with Crippen LogP contribution in [0, 0.1) is 0 Å². The molecule has 0 aliphatic carbocycles. The normalized spacial score (nSPS) is 10.8. The Kier molecular flexibility index (Phi) is 4.37. The topological polar surface area (TPSA) is 74.5 Å². The van der Waals surface area contributed by atoms with Crippen molar-refractivity contribution in [3.05, 3.63) is 65.4 Å². The molecule has 2 aromatic heterocycles. The van der Waals surface area contributed by atoms with Crippen molar-refractivity contribution in [1.82, 2.24) is 10.1 Å². The first-order chi connectivity index (χ1) is 12.7. The molecule has 0 aliphatic heterocycles. The van der Waals surface area contributed by atoms with Crippen molar-refractivity contribution in [2.75, 3.05) is 7.11 Å². The first kappa shape index (κ1) is 16.3. The van der Waals surface area contributed by atoms with E-state index >= 15 is 0 Å². The lowest BCUT2D eigenvalue weighted by atomic mass is 10.1. The molecule has 7 heteroatoms. The zero-order valence-corrected chi connectivity index (χ0v) is 14.7. The third-order valence-electron chi connectivity index (χ3n) is 3.82. The van der Waals surface area contributed by atoms with Crippen LogP contribution in [-0.2, 0) is 11.3 Å². The molecule has 0 fully saturated rings. The van der Waals surface area contributed by atoms with Crippen LogP contribution in [0.25, 0.3) is 21.5 Å². The summed E-state index contributed by atoms with van der Waals surface area (Å²) in [4.78, 5) is 17.6. The highest BCUT2D eigenvalue weighted by molar-refractivity contribution is 7.13. The van der Waals surface area contributed by atoms with Gasteiger partial charge in [-0.05, 0) is 34.4 Å². The number of ether oxygens (including phenoxy) is 2. The summed E-state index contributed by atoms with van der Waals surface area (Å²) in [5, 5.41) is 7.73. The Hall–Kier alpha value is -3.19. The van der Waals surface area contributed by atoms with E-state index in [-0.39, 0.29) is 12.5 Å². The highest BCUT2D eigenvalue weighted by Gasteiger charge is 2.17. The summed E-state index contributed by atoms with van der Waals surface area (Å²) >= 11 is 1.51. The molecule has 26 heavy (non-hydrogen) atoms. The van der Waals surface area contributed by atoms with E-state index in [1.165, 1.54) is 18.4 Å². The van der Waals surface area contributed by atoms with Gasteiger partial charge in [0.2, 0.25) is 5.82 Å². The van der Waals surface area contributed by atoms with Gasteiger partial charge in [0.15, 0.2) is 6.61 Å². The Morgan fingerprint density at radius 3 is 2.69 bits per heavy atom. The zero-order valence-electron chi connectivity index (χ0n) is 13.8. The van der Waals surface area contributed by atoms with Crippen LogP contribution in [0.3, 0.4) is 0 Å². The number of hydrogen-bond donors (Lipinski definition) is 0. The van der Waals surface area contributed by atoms with E-state index in [9.17, 15) is 4.79 Å². The number of esters is 1. The average Bonchev–Trinajstić information content (AvgIpc) is 3.36. The maximum absolute atomic E-state index is 12.5. The minimum atomic E-state index is -0.511. The molecule has 2 heterocycles. The van der Waals surface area contributed by atoms with Crippen molar-refractivity contribution < 1.29 is 18.8 Å². The fraction of sp³-hybridized carbons (Fsp3) is 0.105. The monoisotopic (exact) mass is 366 g/mol. The molecule has 0 radical (unpaired) electrons. The summed E-state index contributed by atoms with van der Waals surface area (Å²) in [6, 6.07) is 15.1. The largest absolute Gasteiger partial charge is 0.496 e. The van der Waals surface area contributed by atoms with Gasteiger partial charge in [0.05, 0.1) is 12.0 Å². The number of fused-ring (bicyclic) bond motifs is 1. The second-order valence-corrected chi connectivity index (χ2v) is 6.41. The molecule has 0 saturated heterocycles. The Morgan fingerprint density at radius 2 is 1.96 bits per heavy atom. The number of carbonyl (C=O) groups excluding carboxylic acids is 1. The molecule has 0 atom stereocenters. The van der Waals surface area contributed by atoms with Gasteiger partial charge in [0.25, 0.3) is 5.89 Å². The second-order valence-electron chi connectivity index (χ2n) is 5.46. The van der Waals surface area contributed by atoms with Gasteiger partial charge >= 0.3 is 5.97 Å². The van der Waals surface area contributed by atoms with Crippen molar-refractivity contribution in [2.24, 2.45) is 0 Å². The standard InChI is InChI=1S/C19H14N2O4S/c1-23-15-10-13-6-3-2-5-12(13)9-14(15)19(22)24-11-17-20-18(21-25-17)16-7-4-8-26-16/h2-10H,11H2,1H3. The summed E-state index contributed by atoms with van der Waals surface area (Å²) in [6.45, 7) is -0.104. The predicted molar refractivity (Wildman–Crippen MR) is 97.2 cm³/mol. The van der Waals surface area contributed by atoms with E-state index in [1.54, 1.807) is 6.07 Å². The van der Waals surface area contributed by atoms with Gasteiger partial charge in [-0.25, -0.2) is 4.79 Å². The molecule has 2 aromatic carbocycles. The number of nitrogens with zero attached hydrogens (tertiary/aromatic N) is 2. The quantitative estimate of drug-likeness (QED) is 0.490. The smallest absolute Gasteiger partial charge is 0.342 e. The maximum atomic E-state index is 12.5. The van der Waals surface area contributed by atoms with Crippen molar-refractivity contribution in [1.29, 1.82) is 0 Å². The van der Waals surface area contributed by atoms with Crippen LogP contribution in [0.4, 0.5) is 0 Å². The Balaban J connectivity index is 1.52. The van der Waals surface area contributed by atoms with Crippen molar-refractivity contribution in [3.63, 3.8) is 0 Å². The summed E-state index contributed by atoms with van der Waals surface area (Å²) in [7, 11) is 1.52. The van der Waals surface area contributed by atoms with Gasteiger partial charge in [-0.1, -0.05) is 35.5 Å². The van der Waals surface area contributed by atoms with Crippen LogP contribution in [0.5, 0.6) is 5.75 Å². The molecular weight excluding hydrogens is 352 g/mol. The first-order valence-corrected chi connectivity index (χ1v) is 8.73. The van der Waals surface area contributed by atoms with Gasteiger partial charge in [0, 0.05) is 0 Å². The van der Waals surface area contributed by atoms with Gasteiger partial charge in [-0.15, -0.1) is 11.3 Å². The summed E-state index contributed by atoms with van der Waals surface area (Å²) in [5.74, 6) is 0.665. The van der Waals surface area contributed by atoms with Crippen LogP contribution in [0.15, 0.2) is 58.4 Å². The minimum Gasteiger partial charge on any atom is -0.496 e. The number of benzene rings is 2. The SMILES string of the molecule is COc1cc2ccccc2cc1C(=O)OCc1nc(-c2cccs2)no1. The fourth-order valence-corrected chi connectivity index (χ4v) is 3.22. The molecule has 0 bridgehead atoms. The van der Waals surface area contributed by atoms with Crippen LogP contribution in [-0.4, -0.2) is 23.2 Å². The van der Waals surface area contributed by atoms with Gasteiger partial charge in [0.1, 0.15) is 11.3 Å². The molecule has 0 spiro atoms. The molecule has 130 valence electrons. The number of thiophene rings is 1. The molecule has 0 saturated carbocycles. The van der Waals surface area contributed by atoms with E-state index < -0.39 is 5.97 Å². The molecular formula is C19H14N2O4S. The number of hydrogen-bond acceptors (Lipinski definition) is 7. The summed E-state index contributed by atoms with van der Waals surface area (Å²) in [5.41, 5.74) is 0.351. The molecule has 0 amide bonds. The lowest BCUT2D eigenvalue weighted by molar-refractivity contribution is 0.0426. The number of rotatable bonds is 5. The number of carbonyl (C=O) groups is 1. The molecule has 6 nitrogen and oxygen atoms in total. The van der Waals surface area contributed by atoms with Crippen molar-refractivity contribution in [3.8, 4) is 16.5 Å². The van der Waals surface area contributed by atoms with E-state index in [0.29, 0.717) is 17.1 Å². The molecule has 4 rings (SSSR count). The lowest BCUT2D eigenvalue weighted by Gasteiger charge is -2.09. The van der Waals surface area contributed by atoms with E-state index in [4.69, 9.17) is 14.0 Å². The van der Waals surface area contributed by atoms with Crippen molar-refractivity contribution >= 4 is 28.1 Å². The molecule has 0 N–H and O–H groups in total. The average molecular weight is 366 g/mol. The first-order valence-electron chi connectivity index (χ1n) is 7.85. The van der Waals surface area contributed by atoms with Crippen LogP contribution in [0.2, 0.25) is 0 Å². The Morgan fingerprint density at radius 1 is 1.15 bits per heavy atom. The molecule has 0 unspecified atom stereocenters. The fourth-order valence-electron chi connectivity index (χ4n) is 2.57. The van der Waals surface area contributed by atoms with Crippen molar-refractivity contribution in [2.45, 2.75) is 6.61 Å². The maximum Gasteiger partial charge on any atom is 0.342 e. The number of aromatic nitrogens is 2. The summed E-state index contributed by atoms with van der Waals surface area (Å²) in [6.07, 6.45) is 0. The third-order valence-corrected chi connectivity index (χ3v) is 4.69. The van der Waals surface area contributed by atoms with E-state index in [1.807, 2.05) is 47.8 Å². The van der Waals surface area contributed by atoms with Gasteiger partial charge in [-0.3, -0.25) is 0 Å². The Bertz CT molecular complexity index is 1060.